The number of aromatic nitrogens is 1. The molecule has 0 aliphatic carbocycles. The van der Waals surface area contributed by atoms with Gasteiger partial charge in [0.2, 0.25) is 0 Å². The lowest BCUT2D eigenvalue weighted by Crippen LogP contribution is -2.20. The van der Waals surface area contributed by atoms with Gasteiger partial charge >= 0.3 is 0 Å². The molecule has 3 nitrogen and oxygen atoms in total. The van der Waals surface area contributed by atoms with Crippen LogP contribution in [-0.2, 0) is 6.54 Å². The Hall–Kier alpha value is -2.18. The zero-order valence-corrected chi connectivity index (χ0v) is 11.0. The predicted octanol–water partition coefficient (Wildman–Crippen LogP) is 2.79. The topological polar surface area (TPSA) is 48.7 Å². The van der Waals surface area contributed by atoms with E-state index in [1.54, 1.807) is 0 Å². The van der Waals surface area contributed by atoms with Gasteiger partial charge in [-0.05, 0) is 24.1 Å². The molecular weight excluding hydrogens is 234 g/mol. The normalized spacial score (nSPS) is 11.8. The molecule has 0 saturated heterocycles. The summed E-state index contributed by atoms with van der Waals surface area (Å²) in [6.07, 6.45) is 1.87. The van der Waals surface area contributed by atoms with Crippen LogP contribution in [0.25, 0.3) is 0 Å². The van der Waals surface area contributed by atoms with Gasteiger partial charge in [0.15, 0.2) is 0 Å². The summed E-state index contributed by atoms with van der Waals surface area (Å²) in [6, 6.07) is 16.2. The molecule has 1 unspecified atom stereocenters. The van der Waals surface area contributed by atoms with Gasteiger partial charge in [0.05, 0.1) is 12.0 Å². The van der Waals surface area contributed by atoms with Crippen LogP contribution in [0.2, 0.25) is 0 Å². The maximum atomic E-state index is 9.21. The molecule has 96 valence electrons. The molecular formula is C16H17N3. The molecule has 0 aliphatic rings. The van der Waals surface area contributed by atoms with E-state index >= 15 is 0 Å². The van der Waals surface area contributed by atoms with Crippen molar-refractivity contribution in [2.24, 2.45) is 0 Å². The average molecular weight is 251 g/mol. The van der Waals surface area contributed by atoms with E-state index in [4.69, 9.17) is 0 Å². The van der Waals surface area contributed by atoms with Crippen molar-refractivity contribution < 1.29 is 0 Å². The Morgan fingerprint density at radius 1 is 1.21 bits per heavy atom. The van der Waals surface area contributed by atoms with Gasteiger partial charge in [-0.1, -0.05) is 36.4 Å². The number of rotatable bonds is 5. The maximum absolute atomic E-state index is 9.21. The van der Waals surface area contributed by atoms with Crippen molar-refractivity contribution in [3.8, 4) is 6.07 Å². The summed E-state index contributed by atoms with van der Waals surface area (Å²) < 4.78 is 0. The van der Waals surface area contributed by atoms with Crippen LogP contribution < -0.4 is 5.32 Å². The van der Waals surface area contributed by atoms with Crippen molar-refractivity contribution in [2.75, 3.05) is 6.54 Å². The Labute approximate surface area is 113 Å². The second-order valence-corrected chi connectivity index (χ2v) is 4.53. The number of hydrogen-bond donors (Lipinski definition) is 1. The Kier molecular flexibility index (Phi) is 4.66. The van der Waals surface area contributed by atoms with Gasteiger partial charge in [-0.15, -0.1) is 0 Å². The highest BCUT2D eigenvalue weighted by molar-refractivity contribution is 5.25. The number of aryl methyl sites for hydroxylation is 1. The van der Waals surface area contributed by atoms with Crippen LogP contribution in [0.1, 0.15) is 22.7 Å². The number of benzene rings is 1. The van der Waals surface area contributed by atoms with Crippen LogP contribution in [0, 0.1) is 18.3 Å². The minimum atomic E-state index is -0.111. The molecule has 1 aromatic heterocycles. The summed E-state index contributed by atoms with van der Waals surface area (Å²) in [5.74, 6) is -0.111. The summed E-state index contributed by atoms with van der Waals surface area (Å²) in [6.45, 7) is 3.35. The van der Waals surface area contributed by atoms with Gasteiger partial charge in [0, 0.05) is 25.0 Å². The van der Waals surface area contributed by atoms with Crippen molar-refractivity contribution >= 4 is 0 Å². The number of nitrogens with one attached hydrogen (secondary N) is 1. The Bertz CT molecular complexity index is 540. The fourth-order valence-corrected chi connectivity index (χ4v) is 1.89. The van der Waals surface area contributed by atoms with Gasteiger partial charge in [0.25, 0.3) is 0 Å². The van der Waals surface area contributed by atoms with E-state index in [0.29, 0.717) is 6.54 Å². The lowest BCUT2D eigenvalue weighted by atomic mass is 10.0. The highest BCUT2D eigenvalue weighted by Crippen LogP contribution is 2.13. The first-order valence-electron chi connectivity index (χ1n) is 6.36. The van der Waals surface area contributed by atoms with Crippen molar-refractivity contribution in [1.29, 1.82) is 5.26 Å². The minimum Gasteiger partial charge on any atom is -0.311 e. The van der Waals surface area contributed by atoms with Gasteiger partial charge in [-0.3, -0.25) is 4.98 Å². The largest absolute Gasteiger partial charge is 0.311 e. The number of hydrogen-bond acceptors (Lipinski definition) is 3. The minimum absolute atomic E-state index is 0.111. The molecule has 1 atom stereocenters. The van der Waals surface area contributed by atoms with Crippen molar-refractivity contribution in [2.45, 2.75) is 19.4 Å². The number of pyridine rings is 1. The molecule has 0 aliphatic heterocycles. The van der Waals surface area contributed by atoms with Crippen molar-refractivity contribution in [1.82, 2.24) is 10.3 Å². The predicted molar refractivity (Wildman–Crippen MR) is 75.5 cm³/mol. The number of nitrogens with zero attached hydrogens (tertiary/aromatic N) is 2. The standard InChI is InChI=1S/C16H17N3/c1-13-7-8-14(11-19-13)10-18-12-16(9-17)15-5-3-2-4-6-15/h2-8,11,16,18H,10,12H2,1H3. The first kappa shape index (κ1) is 13.3. The molecule has 0 saturated carbocycles. The van der Waals surface area contributed by atoms with Gasteiger partial charge in [-0.2, -0.15) is 5.26 Å². The third-order valence-electron chi connectivity index (χ3n) is 3.01. The molecule has 3 heteroatoms. The highest BCUT2D eigenvalue weighted by atomic mass is 14.9. The molecule has 0 bridgehead atoms. The molecule has 1 N–H and O–H groups in total. The van der Waals surface area contributed by atoms with E-state index in [1.807, 2.05) is 49.5 Å². The van der Waals surface area contributed by atoms with Crippen LogP contribution in [0.5, 0.6) is 0 Å². The van der Waals surface area contributed by atoms with E-state index in [-0.39, 0.29) is 5.92 Å². The molecule has 19 heavy (non-hydrogen) atoms. The molecule has 0 amide bonds. The summed E-state index contributed by atoms with van der Waals surface area (Å²) >= 11 is 0. The third-order valence-corrected chi connectivity index (χ3v) is 3.01. The summed E-state index contributed by atoms with van der Waals surface area (Å²) in [5.41, 5.74) is 3.21. The van der Waals surface area contributed by atoms with Gasteiger partial charge < -0.3 is 5.32 Å². The van der Waals surface area contributed by atoms with E-state index < -0.39 is 0 Å². The highest BCUT2D eigenvalue weighted by Gasteiger charge is 2.09. The third kappa shape index (κ3) is 3.90. The van der Waals surface area contributed by atoms with Crippen molar-refractivity contribution in [3.63, 3.8) is 0 Å². The first-order chi connectivity index (χ1) is 9.29. The molecule has 1 aromatic carbocycles. The van der Waals surface area contributed by atoms with Crippen LogP contribution in [0.4, 0.5) is 0 Å². The Balaban J connectivity index is 1.88. The lowest BCUT2D eigenvalue weighted by Gasteiger charge is -2.10. The smallest absolute Gasteiger partial charge is 0.0837 e. The summed E-state index contributed by atoms with van der Waals surface area (Å²) in [5, 5.41) is 12.5. The molecule has 1 heterocycles. The molecule has 0 spiro atoms. The Morgan fingerprint density at radius 2 is 2.00 bits per heavy atom. The zero-order chi connectivity index (χ0) is 13.5. The zero-order valence-electron chi connectivity index (χ0n) is 11.0. The molecule has 2 aromatic rings. The van der Waals surface area contributed by atoms with Crippen LogP contribution in [0.15, 0.2) is 48.7 Å². The van der Waals surface area contributed by atoms with E-state index in [0.717, 1.165) is 23.4 Å². The first-order valence-corrected chi connectivity index (χ1v) is 6.36. The van der Waals surface area contributed by atoms with E-state index in [1.165, 1.54) is 0 Å². The van der Waals surface area contributed by atoms with Crippen LogP contribution >= 0.6 is 0 Å². The van der Waals surface area contributed by atoms with Gasteiger partial charge in [0.1, 0.15) is 0 Å². The molecule has 0 radical (unpaired) electrons. The molecule has 2 rings (SSSR count). The monoisotopic (exact) mass is 251 g/mol. The fraction of sp³-hybridized carbons (Fsp3) is 0.250. The van der Waals surface area contributed by atoms with E-state index in [9.17, 15) is 5.26 Å². The van der Waals surface area contributed by atoms with Gasteiger partial charge in [-0.25, -0.2) is 0 Å². The number of nitriles is 1. The van der Waals surface area contributed by atoms with Crippen LogP contribution in [-0.4, -0.2) is 11.5 Å². The second kappa shape index (κ2) is 6.67. The molecule has 0 fully saturated rings. The summed E-state index contributed by atoms with van der Waals surface area (Å²) in [4.78, 5) is 4.25. The average Bonchev–Trinajstić information content (AvgIpc) is 2.46. The van der Waals surface area contributed by atoms with Crippen LogP contribution in [0.3, 0.4) is 0 Å². The quantitative estimate of drug-likeness (QED) is 0.889. The lowest BCUT2D eigenvalue weighted by molar-refractivity contribution is 0.650. The summed E-state index contributed by atoms with van der Waals surface area (Å²) in [7, 11) is 0. The second-order valence-electron chi connectivity index (χ2n) is 4.53. The SMILES string of the molecule is Cc1ccc(CNCC(C#N)c2ccccc2)cn1. The van der Waals surface area contributed by atoms with Crippen molar-refractivity contribution in [3.05, 3.63) is 65.5 Å². The van der Waals surface area contributed by atoms with E-state index in [2.05, 4.69) is 22.4 Å². The Morgan fingerprint density at radius 3 is 2.63 bits per heavy atom. The maximum Gasteiger partial charge on any atom is 0.0837 e. The fourth-order valence-electron chi connectivity index (χ4n) is 1.89.